The van der Waals surface area contributed by atoms with E-state index in [1.807, 2.05) is 44.3 Å². The van der Waals surface area contributed by atoms with Gasteiger partial charge >= 0.3 is 6.03 Å². The van der Waals surface area contributed by atoms with Gasteiger partial charge < -0.3 is 15.0 Å². The molecule has 4 rings (SSSR count). The molecule has 0 saturated carbocycles. The second-order valence-electron chi connectivity index (χ2n) is 8.54. The van der Waals surface area contributed by atoms with E-state index in [1.54, 1.807) is 9.91 Å². The van der Waals surface area contributed by atoms with Crippen LogP contribution in [0.4, 0.5) is 4.79 Å². The number of amides is 2. The second kappa shape index (κ2) is 9.13. The summed E-state index contributed by atoms with van der Waals surface area (Å²) in [6, 6.07) is 7.52. The van der Waals surface area contributed by atoms with Crippen molar-refractivity contribution in [3.05, 3.63) is 46.1 Å². The number of halogens is 1. The number of nitrogens with two attached hydrogens (primary N) is 1. The third kappa shape index (κ3) is 4.70. The first-order valence-electron chi connectivity index (χ1n) is 10.6. The van der Waals surface area contributed by atoms with Crippen molar-refractivity contribution in [2.75, 3.05) is 19.8 Å². The van der Waals surface area contributed by atoms with Gasteiger partial charge in [-0.05, 0) is 44.4 Å². The number of urea groups is 1. The lowest BCUT2D eigenvalue weighted by atomic mass is 9.95. The summed E-state index contributed by atoms with van der Waals surface area (Å²) in [5, 5.41) is 5.86. The summed E-state index contributed by atoms with van der Waals surface area (Å²) in [5.74, 6) is 6.37. The Morgan fingerprint density at radius 2 is 2.19 bits per heavy atom. The number of hydrogen-bond donors (Lipinski definition) is 4. The lowest BCUT2D eigenvalue weighted by molar-refractivity contribution is 0.0126. The van der Waals surface area contributed by atoms with Gasteiger partial charge in [0.1, 0.15) is 0 Å². The lowest BCUT2D eigenvalue weighted by Crippen LogP contribution is -2.56. The van der Waals surface area contributed by atoms with Crippen molar-refractivity contribution in [3.63, 3.8) is 0 Å². The van der Waals surface area contributed by atoms with Crippen LogP contribution in [0.5, 0.6) is 0 Å². The number of hydrazine groups is 2. The molecule has 1 saturated heterocycles. The maximum absolute atomic E-state index is 12.9. The average Bonchev–Trinajstić information content (AvgIpc) is 3.04. The minimum absolute atomic E-state index is 0.206. The number of benzene rings is 1. The first kappa shape index (κ1) is 22.0. The van der Waals surface area contributed by atoms with Gasteiger partial charge in [-0.25, -0.2) is 15.2 Å². The quantitative estimate of drug-likeness (QED) is 0.404. The molecule has 0 radical (unpaired) electrons. The van der Waals surface area contributed by atoms with E-state index in [4.69, 9.17) is 22.2 Å². The highest BCUT2D eigenvalue weighted by Gasteiger charge is 2.44. The minimum atomic E-state index is -0.503. The third-order valence-corrected chi connectivity index (χ3v) is 6.38. The number of nitrogens with zero attached hydrogens (tertiary/aromatic N) is 3. The normalized spacial score (nSPS) is 23.1. The van der Waals surface area contributed by atoms with E-state index in [-0.39, 0.29) is 18.4 Å². The fourth-order valence-electron chi connectivity index (χ4n) is 4.25. The number of carbonyl (C=O) groups is 1. The molecular weight excluding hydrogens is 418 g/mol. The molecule has 1 aromatic carbocycles. The molecule has 31 heavy (non-hydrogen) atoms. The lowest BCUT2D eigenvalue weighted by Gasteiger charge is -2.36. The molecule has 1 aromatic rings. The summed E-state index contributed by atoms with van der Waals surface area (Å²) in [6.07, 6.45) is 3.27. The van der Waals surface area contributed by atoms with Crippen molar-refractivity contribution in [1.82, 2.24) is 26.1 Å². The standard InChI is InChI=1S/C21H30ClN7O2/c1-21(2)17-12-24-19(29(23)16-6-8-31-9-7-16)26-18(17)13-28(21)20(30)27-25-11-14-4-3-5-15(22)10-14/h3-5,10,12,16,19,25-26H,6-9,11,13,23H2,1-2H3,(H,27,30). The topological polar surface area (TPSA) is 107 Å². The number of nitrogens with one attached hydrogen (secondary N) is 3. The summed E-state index contributed by atoms with van der Waals surface area (Å²) in [5.41, 5.74) is 8.22. The second-order valence-corrected chi connectivity index (χ2v) is 8.97. The van der Waals surface area contributed by atoms with Gasteiger partial charge in [-0.2, -0.15) is 0 Å². The number of aliphatic imine (C=N–C) groups is 1. The molecule has 10 heteroatoms. The molecule has 0 aromatic heterocycles. The molecule has 1 atom stereocenters. The van der Waals surface area contributed by atoms with Crippen molar-refractivity contribution in [2.24, 2.45) is 10.8 Å². The fourth-order valence-corrected chi connectivity index (χ4v) is 4.46. The first-order chi connectivity index (χ1) is 14.9. The van der Waals surface area contributed by atoms with Gasteiger partial charge in [0, 0.05) is 48.3 Å². The van der Waals surface area contributed by atoms with E-state index in [0.717, 1.165) is 29.7 Å². The van der Waals surface area contributed by atoms with Crippen LogP contribution in [-0.2, 0) is 11.3 Å². The molecule has 5 N–H and O–H groups in total. The van der Waals surface area contributed by atoms with Gasteiger partial charge in [-0.15, -0.1) is 0 Å². The molecule has 3 heterocycles. The molecule has 0 spiro atoms. The summed E-state index contributed by atoms with van der Waals surface area (Å²) in [6.45, 7) is 6.38. The number of carbonyl (C=O) groups excluding carboxylic acids is 1. The van der Waals surface area contributed by atoms with Crippen molar-refractivity contribution >= 4 is 23.8 Å². The van der Waals surface area contributed by atoms with Crippen LogP contribution >= 0.6 is 11.6 Å². The molecule has 1 fully saturated rings. The van der Waals surface area contributed by atoms with Gasteiger partial charge in [-0.1, -0.05) is 23.7 Å². The van der Waals surface area contributed by atoms with Gasteiger partial charge in [0.15, 0.2) is 6.29 Å². The smallest absolute Gasteiger partial charge is 0.332 e. The van der Waals surface area contributed by atoms with E-state index < -0.39 is 5.54 Å². The van der Waals surface area contributed by atoms with Gasteiger partial charge in [-0.3, -0.25) is 16.3 Å². The summed E-state index contributed by atoms with van der Waals surface area (Å²) < 4.78 is 5.43. The van der Waals surface area contributed by atoms with Crippen molar-refractivity contribution < 1.29 is 9.53 Å². The van der Waals surface area contributed by atoms with Crippen LogP contribution in [0.1, 0.15) is 32.3 Å². The first-order valence-corrected chi connectivity index (χ1v) is 10.9. The van der Waals surface area contributed by atoms with Crippen molar-refractivity contribution in [3.8, 4) is 0 Å². The zero-order chi connectivity index (χ0) is 22.0. The minimum Gasteiger partial charge on any atom is -0.381 e. The van der Waals surface area contributed by atoms with E-state index in [2.05, 4.69) is 21.2 Å². The highest BCUT2D eigenvalue weighted by Crippen LogP contribution is 2.34. The highest BCUT2D eigenvalue weighted by molar-refractivity contribution is 6.30. The summed E-state index contributed by atoms with van der Waals surface area (Å²) in [7, 11) is 0. The van der Waals surface area contributed by atoms with Crippen molar-refractivity contribution in [2.45, 2.75) is 51.1 Å². The Morgan fingerprint density at radius 1 is 1.42 bits per heavy atom. The van der Waals surface area contributed by atoms with Crippen LogP contribution in [0.3, 0.4) is 0 Å². The monoisotopic (exact) mass is 447 g/mol. The molecule has 3 aliphatic heterocycles. The molecule has 0 bridgehead atoms. The Hall–Kier alpha value is -2.17. The van der Waals surface area contributed by atoms with Crippen LogP contribution in [0.2, 0.25) is 5.02 Å². The predicted molar refractivity (Wildman–Crippen MR) is 120 cm³/mol. The molecule has 0 aliphatic carbocycles. The molecule has 2 amide bonds. The van der Waals surface area contributed by atoms with Gasteiger partial charge in [0.05, 0.1) is 12.1 Å². The molecular formula is C21H30ClN7O2. The third-order valence-electron chi connectivity index (χ3n) is 6.14. The molecule has 9 nitrogen and oxygen atoms in total. The van der Waals surface area contributed by atoms with Crippen LogP contribution in [-0.4, -0.2) is 59.8 Å². The van der Waals surface area contributed by atoms with Crippen LogP contribution in [0.15, 0.2) is 40.5 Å². The van der Waals surface area contributed by atoms with E-state index >= 15 is 0 Å². The SMILES string of the molecule is CC1(C)C2=C(CN1C(=O)NNCc1cccc(Cl)c1)NC(N(N)C1CCOCC1)N=C2. The van der Waals surface area contributed by atoms with E-state index in [0.29, 0.717) is 31.3 Å². The van der Waals surface area contributed by atoms with Crippen LogP contribution in [0, 0.1) is 0 Å². The number of rotatable bonds is 5. The highest BCUT2D eigenvalue weighted by atomic mass is 35.5. The van der Waals surface area contributed by atoms with Crippen molar-refractivity contribution in [1.29, 1.82) is 0 Å². The van der Waals surface area contributed by atoms with E-state index in [9.17, 15) is 4.79 Å². The zero-order valence-electron chi connectivity index (χ0n) is 17.9. The Labute approximate surface area is 187 Å². The number of ether oxygens (including phenoxy) is 1. The van der Waals surface area contributed by atoms with Crippen LogP contribution in [0.25, 0.3) is 0 Å². The Balaban J connectivity index is 1.34. The molecule has 168 valence electrons. The Kier molecular flexibility index (Phi) is 6.49. The maximum Gasteiger partial charge on any atom is 0.332 e. The van der Waals surface area contributed by atoms with Gasteiger partial charge in [0.25, 0.3) is 0 Å². The Bertz CT molecular complexity index is 882. The van der Waals surface area contributed by atoms with E-state index in [1.165, 1.54) is 0 Å². The average molecular weight is 448 g/mol. The number of hydrogen-bond acceptors (Lipinski definition) is 7. The molecule has 3 aliphatic rings. The zero-order valence-corrected chi connectivity index (χ0v) is 18.7. The summed E-state index contributed by atoms with van der Waals surface area (Å²) in [4.78, 5) is 19.3. The molecule has 1 unspecified atom stereocenters. The largest absolute Gasteiger partial charge is 0.381 e. The van der Waals surface area contributed by atoms with Gasteiger partial charge in [0.2, 0.25) is 0 Å². The Morgan fingerprint density at radius 3 is 2.94 bits per heavy atom. The predicted octanol–water partition coefficient (Wildman–Crippen LogP) is 1.71. The summed E-state index contributed by atoms with van der Waals surface area (Å²) >= 11 is 6.01. The maximum atomic E-state index is 12.9. The fraction of sp³-hybridized carbons (Fsp3) is 0.524. The van der Waals surface area contributed by atoms with Crippen LogP contribution < -0.4 is 22.0 Å².